The summed E-state index contributed by atoms with van der Waals surface area (Å²) in [5.74, 6) is 0.855. The van der Waals surface area contributed by atoms with Gasteiger partial charge in [0, 0.05) is 6.04 Å². The molecule has 4 heteroatoms. The van der Waals surface area contributed by atoms with Crippen LogP contribution in [-0.2, 0) is 9.84 Å². The molecule has 0 aliphatic carbocycles. The lowest BCUT2D eigenvalue weighted by Crippen LogP contribution is -2.29. The Hall–Kier alpha value is -0.870. The quantitative estimate of drug-likeness (QED) is 0.921. The Labute approximate surface area is 116 Å². The van der Waals surface area contributed by atoms with Crippen molar-refractivity contribution in [2.45, 2.75) is 33.2 Å². The van der Waals surface area contributed by atoms with Gasteiger partial charge < -0.3 is 5.32 Å². The van der Waals surface area contributed by atoms with Gasteiger partial charge in [-0.1, -0.05) is 25.1 Å². The number of sulfone groups is 1. The Balaban J connectivity index is 2.33. The van der Waals surface area contributed by atoms with Gasteiger partial charge in [0.1, 0.15) is 0 Å². The Morgan fingerprint density at radius 2 is 2.11 bits per heavy atom. The van der Waals surface area contributed by atoms with Crippen LogP contribution in [0.3, 0.4) is 0 Å². The number of aryl methyl sites for hydroxylation is 1. The van der Waals surface area contributed by atoms with E-state index < -0.39 is 9.84 Å². The summed E-state index contributed by atoms with van der Waals surface area (Å²) in [7, 11) is -2.83. The minimum absolute atomic E-state index is 0.155. The van der Waals surface area contributed by atoms with E-state index in [0.29, 0.717) is 11.5 Å². The predicted octanol–water partition coefficient (Wildman–Crippen LogP) is 2.39. The molecule has 1 aromatic rings. The van der Waals surface area contributed by atoms with Crippen molar-refractivity contribution < 1.29 is 8.42 Å². The lowest BCUT2D eigenvalue weighted by molar-refractivity contribution is 0.399. The molecule has 3 nitrogen and oxygen atoms in total. The van der Waals surface area contributed by atoms with E-state index in [1.165, 1.54) is 16.7 Å². The van der Waals surface area contributed by atoms with Crippen molar-refractivity contribution in [1.29, 1.82) is 0 Å². The van der Waals surface area contributed by atoms with E-state index in [9.17, 15) is 8.42 Å². The maximum atomic E-state index is 11.7. The summed E-state index contributed by atoms with van der Waals surface area (Å²) in [6, 6.07) is 6.45. The van der Waals surface area contributed by atoms with Crippen LogP contribution in [0.25, 0.3) is 0 Å². The SMILES string of the molecule is CCNC(c1cccc(C)c1C)C1CCS(=O)(=O)C1. The molecule has 2 atom stereocenters. The van der Waals surface area contributed by atoms with Crippen LogP contribution in [0.1, 0.15) is 36.1 Å². The van der Waals surface area contributed by atoms with Gasteiger partial charge in [0.25, 0.3) is 0 Å². The normalized spacial score (nSPS) is 23.4. The fourth-order valence-corrected chi connectivity index (χ4v) is 4.79. The van der Waals surface area contributed by atoms with E-state index in [-0.39, 0.29) is 12.0 Å². The molecule has 0 bridgehead atoms. The molecule has 0 amide bonds. The average molecular weight is 281 g/mol. The van der Waals surface area contributed by atoms with Gasteiger partial charge in [-0.15, -0.1) is 0 Å². The van der Waals surface area contributed by atoms with Crippen LogP contribution in [0.15, 0.2) is 18.2 Å². The minimum Gasteiger partial charge on any atom is -0.310 e. The van der Waals surface area contributed by atoms with Crippen LogP contribution in [-0.4, -0.2) is 26.5 Å². The molecule has 19 heavy (non-hydrogen) atoms. The van der Waals surface area contributed by atoms with Gasteiger partial charge >= 0.3 is 0 Å². The number of benzene rings is 1. The third-order valence-corrected chi connectivity index (χ3v) is 5.94. The first-order valence-corrected chi connectivity index (χ1v) is 8.76. The Morgan fingerprint density at radius 3 is 2.68 bits per heavy atom. The smallest absolute Gasteiger partial charge is 0.150 e. The first kappa shape index (κ1) is 14.5. The van der Waals surface area contributed by atoms with E-state index >= 15 is 0 Å². The summed E-state index contributed by atoms with van der Waals surface area (Å²) in [5, 5.41) is 3.48. The summed E-state index contributed by atoms with van der Waals surface area (Å²) < 4.78 is 23.4. The summed E-state index contributed by atoms with van der Waals surface area (Å²) >= 11 is 0. The molecule has 1 fully saturated rings. The summed E-state index contributed by atoms with van der Waals surface area (Å²) in [4.78, 5) is 0. The first-order valence-electron chi connectivity index (χ1n) is 6.94. The van der Waals surface area contributed by atoms with Crippen molar-refractivity contribution in [2.75, 3.05) is 18.1 Å². The molecule has 1 aliphatic rings. The zero-order chi connectivity index (χ0) is 14.0. The van der Waals surface area contributed by atoms with Gasteiger partial charge in [0.15, 0.2) is 9.84 Å². The van der Waals surface area contributed by atoms with Gasteiger partial charge in [-0.25, -0.2) is 8.42 Å². The van der Waals surface area contributed by atoms with E-state index in [1.54, 1.807) is 0 Å². The van der Waals surface area contributed by atoms with E-state index in [2.05, 4.69) is 44.3 Å². The highest BCUT2D eigenvalue weighted by Crippen LogP contribution is 2.33. The van der Waals surface area contributed by atoms with E-state index in [0.717, 1.165) is 13.0 Å². The Morgan fingerprint density at radius 1 is 1.37 bits per heavy atom. The van der Waals surface area contributed by atoms with Crippen LogP contribution >= 0.6 is 0 Å². The second-order valence-corrected chi connectivity index (χ2v) is 7.72. The molecule has 1 N–H and O–H groups in total. The zero-order valence-corrected chi connectivity index (χ0v) is 12.8. The monoisotopic (exact) mass is 281 g/mol. The van der Waals surface area contributed by atoms with Gasteiger partial charge in [0.05, 0.1) is 11.5 Å². The largest absolute Gasteiger partial charge is 0.310 e. The third-order valence-electron chi connectivity index (χ3n) is 4.14. The molecule has 0 spiro atoms. The van der Waals surface area contributed by atoms with Gasteiger partial charge in [0.2, 0.25) is 0 Å². The number of hydrogen-bond donors (Lipinski definition) is 1. The second-order valence-electron chi connectivity index (χ2n) is 5.49. The standard InChI is InChI=1S/C15H23NO2S/c1-4-16-15(13-8-9-19(17,18)10-13)14-7-5-6-11(2)12(14)3/h5-7,13,15-16H,4,8-10H2,1-3H3. The molecule has 2 rings (SSSR count). The summed E-state index contributed by atoms with van der Waals surface area (Å²) in [5.41, 5.74) is 3.79. The van der Waals surface area contributed by atoms with E-state index in [1.807, 2.05) is 0 Å². The molecule has 1 aromatic carbocycles. The maximum Gasteiger partial charge on any atom is 0.150 e. The molecule has 0 saturated carbocycles. The topological polar surface area (TPSA) is 46.2 Å². The van der Waals surface area contributed by atoms with Gasteiger partial charge in [-0.3, -0.25) is 0 Å². The molecular formula is C15H23NO2S. The van der Waals surface area contributed by atoms with Crippen molar-refractivity contribution in [3.05, 3.63) is 34.9 Å². The number of nitrogens with one attached hydrogen (secondary N) is 1. The van der Waals surface area contributed by atoms with Gasteiger partial charge in [-0.2, -0.15) is 0 Å². The van der Waals surface area contributed by atoms with Crippen LogP contribution in [0.5, 0.6) is 0 Å². The fourth-order valence-electron chi connectivity index (χ4n) is 2.95. The molecule has 2 unspecified atom stereocenters. The number of rotatable bonds is 4. The lowest BCUT2D eigenvalue weighted by atomic mass is 9.88. The molecule has 0 radical (unpaired) electrons. The zero-order valence-electron chi connectivity index (χ0n) is 11.9. The van der Waals surface area contributed by atoms with Crippen LogP contribution < -0.4 is 5.32 Å². The Kier molecular flexibility index (Phi) is 4.31. The number of hydrogen-bond acceptors (Lipinski definition) is 3. The van der Waals surface area contributed by atoms with Crippen LogP contribution in [0.4, 0.5) is 0 Å². The summed E-state index contributed by atoms with van der Waals surface area (Å²) in [6.07, 6.45) is 0.771. The van der Waals surface area contributed by atoms with Crippen molar-refractivity contribution >= 4 is 9.84 Å². The maximum absolute atomic E-state index is 11.7. The van der Waals surface area contributed by atoms with Crippen LogP contribution in [0, 0.1) is 19.8 Å². The second kappa shape index (κ2) is 5.63. The van der Waals surface area contributed by atoms with Crippen LogP contribution in [0.2, 0.25) is 0 Å². The average Bonchev–Trinajstić information content (AvgIpc) is 2.71. The predicted molar refractivity (Wildman–Crippen MR) is 79.1 cm³/mol. The molecule has 1 heterocycles. The minimum atomic E-state index is -2.83. The molecule has 106 valence electrons. The summed E-state index contributed by atoms with van der Waals surface area (Å²) in [6.45, 7) is 7.15. The van der Waals surface area contributed by atoms with Crippen molar-refractivity contribution in [3.8, 4) is 0 Å². The highest BCUT2D eigenvalue weighted by Gasteiger charge is 2.34. The van der Waals surface area contributed by atoms with Crippen molar-refractivity contribution in [2.24, 2.45) is 5.92 Å². The highest BCUT2D eigenvalue weighted by atomic mass is 32.2. The highest BCUT2D eigenvalue weighted by molar-refractivity contribution is 7.91. The molecule has 0 aromatic heterocycles. The first-order chi connectivity index (χ1) is 8.94. The van der Waals surface area contributed by atoms with Gasteiger partial charge in [-0.05, 0) is 49.4 Å². The van der Waals surface area contributed by atoms with Crippen molar-refractivity contribution in [3.63, 3.8) is 0 Å². The van der Waals surface area contributed by atoms with Crippen molar-refractivity contribution in [1.82, 2.24) is 5.32 Å². The molecule has 1 saturated heterocycles. The lowest BCUT2D eigenvalue weighted by Gasteiger charge is -2.26. The van der Waals surface area contributed by atoms with E-state index in [4.69, 9.17) is 0 Å². The molecular weight excluding hydrogens is 258 g/mol. The fraction of sp³-hybridized carbons (Fsp3) is 0.600. The molecule has 1 aliphatic heterocycles. The Bertz CT molecular complexity index is 551. The third kappa shape index (κ3) is 3.18.